The van der Waals surface area contributed by atoms with Crippen molar-refractivity contribution in [3.8, 4) is 5.75 Å². The molecule has 0 fully saturated rings. The number of benzene rings is 1. The minimum absolute atomic E-state index is 0.0195. The minimum atomic E-state index is -4.13. The highest BCUT2D eigenvalue weighted by atomic mass is 35.5. The van der Waals surface area contributed by atoms with Gasteiger partial charge in [-0.2, -0.15) is 8.42 Å². The van der Waals surface area contributed by atoms with Gasteiger partial charge in [-0.3, -0.25) is 0 Å². The van der Waals surface area contributed by atoms with Gasteiger partial charge in [0.25, 0.3) is 0 Å². The molecule has 19 heavy (non-hydrogen) atoms. The molecular weight excluding hydrogens is 337 g/mol. The van der Waals surface area contributed by atoms with Gasteiger partial charge in [0.05, 0.1) is 10.0 Å². The van der Waals surface area contributed by atoms with Crippen molar-refractivity contribution in [2.75, 3.05) is 0 Å². The molecule has 0 saturated heterocycles. The summed E-state index contributed by atoms with van der Waals surface area (Å²) in [6.45, 7) is 0. The van der Waals surface area contributed by atoms with Crippen LogP contribution < -0.4 is 9.66 Å². The van der Waals surface area contributed by atoms with Gasteiger partial charge in [0.1, 0.15) is 6.26 Å². The Bertz CT molecular complexity index is 646. The van der Waals surface area contributed by atoms with Crippen LogP contribution >= 0.6 is 34.8 Å². The molecule has 102 valence electrons. The second kappa shape index (κ2) is 5.50. The van der Waals surface area contributed by atoms with E-state index in [4.69, 9.17) is 39.0 Å². The zero-order chi connectivity index (χ0) is 14.0. The van der Waals surface area contributed by atoms with E-state index < -0.39 is 10.1 Å². The lowest BCUT2D eigenvalue weighted by Crippen LogP contribution is -2.24. The zero-order valence-electron chi connectivity index (χ0n) is 9.06. The predicted octanol–water partition coefficient (Wildman–Crippen LogP) is 3.25. The van der Waals surface area contributed by atoms with E-state index in [2.05, 4.69) is 10.3 Å². The third kappa shape index (κ3) is 3.27. The van der Waals surface area contributed by atoms with Crippen molar-refractivity contribution >= 4 is 44.9 Å². The maximum absolute atomic E-state index is 11.9. The molecule has 1 aromatic carbocycles. The van der Waals surface area contributed by atoms with E-state index in [9.17, 15) is 8.42 Å². The Labute approximate surface area is 124 Å². The van der Waals surface area contributed by atoms with E-state index in [0.29, 0.717) is 0 Å². The normalized spacial score (nSPS) is 14.4. The number of allylic oxidation sites excluding steroid dienone is 2. The first-order chi connectivity index (χ1) is 8.90. The quantitative estimate of drug-likeness (QED) is 0.854. The van der Waals surface area contributed by atoms with Gasteiger partial charge in [-0.15, -0.1) is 0 Å². The fourth-order valence-corrected chi connectivity index (χ4v) is 3.06. The van der Waals surface area contributed by atoms with Gasteiger partial charge in [-0.25, -0.2) is 5.48 Å². The van der Waals surface area contributed by atoms with Crippen molar-refractivity contribution in [3.63, 3.8) is 0 Å². The first-order valence-corrected chi connectivity index (χ1v) is 7.32. The molecule has 5 nitrogen and oxygen atoms in total. The van der Waals surface area contributed by atoms with E-state index in [-0.39, 0.29) is 25.8 Å². The summed E-state index contributed by atoms with van der Waals surface area (Å²) in [6.07, 6.45) is 3.91. The first-order valence-electron chi connectivity index (χ1n) is 4.78. The van der Waals surface area contributed by atoms with E-state index in [0.717, 1.165) is 0 Å². The second-order valence-corrected chi connectivity index (χ2v) is 6.08. The summed E-state index contributed by atoms with van der Waals surface area (Å²) in [7, 11) is -4.13. The average molecular weight is 343 g/mol. The molecule has 0 spiro atoms. The van der Waals surface area contributed by atoms with E-state index in [1.54, 1.807) is 0 Å². The van der Waals surface area contributed by atoms with Crippen LogP contribution in [0.2, 0.25) is 15.1 Å². The Balaban J connectivity index is 2.36. The first kappa shape index (κ1) is 14.3. The van der Waals surface area contributed by atoms with Gasteiger partial charge in [-0.05, 0) is 24.3 Å². The highest BCUT2D eigenvalue weighted by Gasteiger charge is 2.24. The maximum Gasteiger partial charge on any atom is 0.357 e. The molecule has 1 aromatic rings. The Morgan fingerprint density at radius 3 is 2.32 bits per heavy atom. The molecule has 0 saturated carbocycles. The summed E-state index contributed by atoms with van der Waals surface area (Å²) in [5, 5.41) is -0.0546. The Morgan fingerprint density at radius 2 is 1.79 bits per heavy atom. The van der Waals surface area contributed by atoms with Gasteiger partial charge in [0.2, 0.25) is 5.03 Å². The smallest absolute Gasteiger partial charge is 0.357 e. The van der Waals surface area contributed by atoms with Gasteiger partial charge in [0.15, 0.2) is 5.75 Å². The van der Waals surface area contributed by atoms with Crippen molar-refractivity contribution in [2.24, 2.45) is 0 Å². The molecule has 0 bridgehead atoms. The number of hydrogen-bond donors (Lipinski definition) is 1. The Morgan fingerprint density at radius 1 is 1.16 bits per heavy atom. The van der Waals surface area contributed by atoms with Crippen molar-refractivity contribution in [1.29, 1.82) is 0 Å². The van der Waals surface area contributed by atoms with Gasteiger partial charge in [-0.1, -0.05) is 34.8 Å². The van der Waals surface area contributed by atoms with Crippen LogP contribution in [0.15, 0.2) is 35.6 Å². The largest absolute Gasteiger partial charge is 0.389 e. The van der Waals surface area contributed by atoms with Crippen LogP contribution in [0.5, 0.6) is 5.75 Å². The van der Waals surface area contributed by atoms with Crippen LogP contribution in [-0.4, -0.2) is 8.42 Å². The molecule has 0 aliphatic carbocycles. The summed E-state index contributed by atoms with van der Waals surface area (Å²) in [6, 6.07) is 2.64. The number of hydrogen-bond acceptors (Lipinski definition) is 5. The van der Waals surface area contributed by atoms with E-state index in [1.165, 1.54) is 30.5 Å². The molecule has 1 N–H and O–H groups in total. The van der Waals surface area contributed by atoms with Crippen LogP contribution in [0.1, 0.15) is 0 Å². The topological polar surface area (TPSA) is 64.6 Å². The van der Waals surface area contributed by atoms with Crippen LogP contribution in [0.4, 0.5) is 0 Å². The van der Waals surface area contributed by atoms with Crippen LogP contribution in [0.3, 0.4) is 0 Å². The molecule has 0 aromatic heterocycles. The minimum Gasteiger partial charge on any atom is -0.389 e. The molecule has 2 rings (SSSR count). The standard InChI is InChI=1S/C10H6Cl3NO4S/c11-6-4-7(12)10(8(13)5-6)18-19(15,16)9-2-1-3-17-14-9/h1-5,14H. The third-order valence-corrected chi connectivity index (χ3v) is 3.90. The van der Waals surface area contributed by atoms with Crippen LogP contribution in [0, 0.1) is 0 Å². The number of rotatable bonds is 3. The third-order valence-electron chi connectivity index (χ3n) is 1.98. The average Bonchev–Trinajstić information content (AvgIpc) is 2.35. The molecule has 0 amide bonds. The number of hydroxylamine groups is 1. The fraction of sp³-hybridized carbons (Fsp3) is 0. The van der Waals surface area contributed by atoms with Crippen molar-refractivity contribution in [3.05, 3.63) is 50.6 Å². The molecule has 9 heteroatoms. The molecule has 0 unspecified atom stereocenters. The second-order valence-electron chi connectivity index (χ2n) is 3.32. The molecule has 0 atom stereocenters. The summed E-state index contributed by atoms with van der Waals surface area (Å²) in [4.78, 5) is 4.64. The number of nitrogens with one attached hydrogen (secondary N) is 1. The van der Waals surface area contributed by atoms with E-state index >= 15 is 0 Å². The van der Waals surface area contributed by atoms with Gasteiger partial charge >= 0.3 is 10.1 Å². The Hall–Kier alpha value is -1.08. The van der Waals surface area contributed by atoms with Crippen molar-refractivity contribution < 1.29 is 17.4 Å². The lowest BCUT2D eigenvalue weighted by molar-refractivity contribution is 0.166. The zero-order valence-corrected chi connectivity index (χ0v) is 12.1. The Kier molecular flexibility index (Phi) is 4.15. The molecule has 1 aliphatic rings. The lowest BCUT2D eigenvalue weighted by atomic mass is 10.3. The summed E-state index contributed by atoms with van der Waals surface area (Å²) >= 11 is 17.4. The fourth-order valence-electron chi connectivity index (χ4n) is 1.19. The molecule has 1 aliphatic heterocycles. The molecule has 1 heterocycles. The van der Waals surface area contributed by atoms with Crippen LogP contribution in [0.25, 0.3) is 0 Å². The summed E-state index contributed by atoms with van der Waals surface area (Å²) in [5.74, 6) is -0.204. The van der Waals surface area contributed by atoms with E-state index in [1.807, 2.05) is 0 Å². The number of halogens is 3. The van der Waals surface area contributed by atoms with Crippen molar-refractivity contribution in [2.45, 2.75) is 0 Å². The molecular formula is C10H6Cl3NO4S. The summed E-state index contributed by atoms with van der Waals surface area (Å²) in [5.41, 5.74) is 2.18. The highest BCUT2D eigenvalue weighted by molar-refractivity contribution is 7.91. The highest BCUT2D eigenvalue weighted by Crippen LogP contribution is 2.37. The van der Waals surface area contributed by atoms with Gasteiger partial charge in [0, 0.05) is 5.02 Å². The van der Waals surface area contributed by atoms with Crippen LogP contribution in [-0.2, 0) is 15.0 Å². The monoisotopic (exact) mass is 341 g/mol. The SMILES string of the molecule is O=S(=O)(Oc1c(Cl)cc(Cl)cc1Cl)C1=CC=CON1. The molecule has 0 radical (unpaired) electrons. The maximum atomic E-state index is 11.9. The lowest BCUT2D eigenvalue weighted by Gasteiger charge is -2.14. The van der Waals surface area contributed by atoms with Crippen molar-refractivity contribution in [1.82, 2.24) is 5.48 Å². The van der Waals surface area contributed by atoms with Gasteiger partial charge < -0.3 is 9.02 Å². The predicted molar refractivity (Wildman–Crippen MR) is 72.5 cm³/mol. The summed E-state index contributed by atoms with van der Waals surface area (Å²) < 4.78 is 28.7.